The van der Waals surface area contributed by atoms with Crippen molar-refractivity contribution in [2.24, 2.45) is 10.8 Å². The molecule has 1 aromatic carbocycles. The molecule has 0 radical (unpaired) electrons. The molecule has 0 bridgehead atoms. The predicted octanol–water partition coefficient (Wildman–Crippen LogP) is 6.00. The number of rotatable bonds is 4. The van der Waals surface area contributed by atoms with Gasteiger partial charge in [-0.2, -0.15) is 5.26 Å². The number of hydrogen-bond donors (Lipinski definition) is 0. The number of nitriles is 1. The Morgan fingerprint density at radius 2 is 2.00 bits per heavy atom. The van der Waals surface area contributed by atoms with Gasteiger partial charge in [0.25, 0.3) is 0 Å². The third kappa shape index (κ3) is 4.27. The van der Waals surface area contributed by atoms with E-state index in [1.165, 1.54) is 30.4 Å². The Hall–Kier alpha value is -1.66. The zero-order valence-electron chi connectivity index (χ0n) is 17.0. The zero-order valence-corrected chi connectivity index (χ0v) is 17.0. The standard InChI is InChI=1S/C24H33FN2/c1-23(2,3)24(13-15-26)14-16-27(18-22(24)25)17-19-9-11-21(12-10-19)20-7-5-4-6-8-20/h5,7,9-12,20,22H,4,6,8,13-14,16-18H2,1-3H3. The first kappa shape index (κ1) is 20.1. The highest BCUT2D eigenvalue weighted by molar-refractivity contribution is 5.29. The van der Waals surface area contributed by atoms with E-state index in [1.807, 2.05) is 0 Å². The number of hydrogen-bond acceptors (Lipinski definition) is 2. The average molecular weight is 369 g/mol. The lowest BCUT2D eigenvalue weighted by Gasteiger charge is -2.51. The van der Waals surface area contributed by atoms with E-state index >= 15 is 4.39 Å². The Morgan fingerprint density at radius 1 is 1.26 bits per heavy atom. The van der Waals surface area contributed by atoms with Gasteiger partial charge < -0.3 is 0 Å². The number of allylic oxidation sites excluding steroid dienone is 2. The van der Waals surface area contributed by atoms with Gasteiger partial charge in [0, 0.05) is 30.8 Å². The van der Waals surface area contributed by atoms with Crippen LogP contribution in [0.4, 0.5) is 4.39 Å². The summed E-state index contributed by atoms with van der Waals surface area (Å²) in [6, 6.07) is 11.1. The maximum absolute atomic E-state index is 15.2. The summed E-state index contributed by atoms with van der Waals surface area (Å²) < 4.78 is 15.2. The predicted molar refractivity (Wildman–Crippen MR) is 109 cm³/mol. The molecule has 3 heteroatoms. The number of halogens is 1. The lowest BCUT2D eigenvalue weighted by Crippen LogP contribution is -2.54. The van der Waals surface area contributed by atoms with Gasteiger partial charge in [0.05, 0.1) is 6.07 Å². The van der Waals surface area contributed by atoms with Crippen molar-refractivity contribution >= 4 is 0 Å². The highest BCUT2D eigenvalue weighted by atomic mass is 19.1. The molecule has 3 rings (SSSR count). The van der Waals surface area contributed by atoms with Gasteiger partial charge in [0.15, 0.2) is 0 Å². The SMILES string of the molecule is CC(C)(C)C1(CC#N)CCN(Cc2ccc(C3C=CCCC3)cc2)CC1F. The number of nitrogens with zero attached hydrogens (tertiary/aromatic N) is 2. The van der Waals surface area contributed by atoms with Crippen LogP contribution < -0.4 is 0 Å². The Kier molecular flexibility index (Phi) is 6.06. The van der Waals surface area contributed by atoms with Gasteiger partial charge >= 0.3 is 0 Å². The van der Waals surface area contributed by atoms with Gasteiger partial charge in [-0.3, -0.25) is 4.90 Å². The first-order valence-electron chi connectivity index (χ1n) is 10.3. The molecule has 27 heavy (non-hydrogen) atoms. The fourth-order valence-corrected chi connectivity index (χ4v) is 4.82. The molecule has 146 valence electrons. The second-order valence-electron chi connectivity index (χ2n) is 9.40. The average Bonchev–Trinajstić information content (AvgIpc) is 2.64. The summed E-state index contributed by atoms with van der Waals surface area (Å²) >= 11 is 0. The summed E-state index contributed by atoms with van der Waals surface area (Å²) in [5.41, 5.74) is 1.89. The molecule has 0 N–H and O–H groups in total. The number of benzene rings is 1. The molecule has 0 amide bonds. The molecule has 3 unspecified atom stereocenters. The molecule has 1 heterocycles. The van der Waals surface area contributed by atoms with Crippen molar-refractivity contribution < 1.29 is 4.39 Å². The lowest BCUT2D eigenvalue weighted by atomic mass is 9.59. The van der Waals surface area contributed by atoms with Crippen molar-refractivity contribution in [3.63, 3.8) is 0 Å². The fraction of sp³-hybridized carbons (Fsp3) is 0.625. The van der Waals surface area contributed by atoms with Crippen LogP contribution >= 0.6 is 0 Å². The summed E-state index contributed by atoms with van der Waals surface area (Å²) in [5.74, 6) is 0.552. The fourth-order valence-electron chi connectivity index (χ4n) is 4.82. The smallest absolute Gasteiger partial charge is 0.120 e. The summed E-state index contributed by atoms with van der Waals surface area (Å²) in [7, 11) is 0. The van der Waals surface area contributed by atoms with E-state index in [2.05, 4.69) is 68.2 Å². The summed E-state index contributed by atoms with van der Waals surface area (Å²) in [5, 5.41) is 9.26. The maximum atomic E-state index is 15.2. The summed E-state index contributed by atoms with van der Waals surface area (Å²) in [6.07, 6.45) is 8.42. The van der Waals surface area contributed by atoms with Crippen LogP contribution in [0.2, 0.25) is 0 Å². The van der Waals surface area contributed by atoms with Gasteiger partial charge in [-0.15, -0.1) is 0 Å². The largest absolute Gasteiger partial charge is 0.296 e. The lowest BCUT2D eigenvalue weighted by molar-refractivity contribution is -0.0660. The van der Waals surface area contributed by atoms with Crippen molar-refractivity contribution in [2.45, 2.75) is 71.5 Å². The molecule has 1 aliphatic heterocycles. The molecule has 2 aliphatic rings. The highest BCUT2D eigenvalue weighted by Gasteiger charge is 2.51. The molecule has 0 saturated carbocycles. The molecule has 2 nitrogen and oxygen atoms in total. The molecule has 1 saturated heterocycles. The second-order valence-corrected chi connectivity index (χ2v) is 9.40. The number of piperidine rings is 1. The van der Waals surface area contributed by atoms with Crippen LogP contribution in [0.3, 0.4) is 0 Å². The topological polar surface area (TPSA) is 27.0 Å². The van der Waals surface area contributed by atoms with Crippen molar-refractivity contribution in [3.05, 3.63) is 47.5 Å². The molecule has 0 aromatic heterocycles. The molecule has 1 fully saturated rings. The number of likely N-dealkylation sites (tertiary alicyclic amines) is 1. The van der Waals surface area contributed by atoms with E-state index < -0.39 is 11.6 Å². The Bertz CT molecular complexity index is 695. The third-order valence-corrected chi connectivity index (χ3v) is 6.85. The Balaban J connectivity index is 1.63. The summed E-state index contributed by atoms with van der Waals surface area (Å²) in [4.78, 5) is 2.21. The minimum atomic E-state index is -0.961. The first-order valence-corrected chi connectivity index (χ1v) is 10.3. The van der Waals surface area contributed by atoms with Crippen LogP contribution in [0.15, 0.2) is 36.4 Å². The molecular formula is C24H33FN2. The Morgan fingerprint density at radius 3 is 2.56 bits per heavy atom. The van der Waals surface area contributed by atoms with Crippen molar-refractivity contribution in [1.29, 1.82) is 5.26 Å². The summed E-state index contributed by atoms with van der Waals surface area (Å²) in [6.45, 7) is 8.29. The van der Waals surface area contributed by atoms with Gasteiger partial charge in [-0.05, 0) is 48.8 Å². The van der Waals surface area contributed by atoms with Crippen molar-refractivity contribution in [3.8, 4) is 6.07 Å². The molecule has 3 atom stereocenters. The van der Waals surface area contributed by atoms with E-state index in [9.17, 15) is 5.26 Å². The van der Waals surface area contributed by atoms with E-state index in [0.29, 0.717) is 18.9 Å². The van der Waals surface area contributed by atoms with Gasteiger partial charge in [-0.1, -0.05) is 57.2 Å². The van der Waals surface area contributed by atoms with Crippen molar-refractivity contribution in [2.75, 3.05) is 13.1 Å². The van der Waals surface area contributed by atoms with Crippen LogP contribution in [-0.2, 0) is 6.54 Å². The van der Waals surface area contributed by atoms with Crippen LogP contribution in [0.25, 0.3) is 0 Å². The van der Waals surface area contributed by atoms with Crippen LogP contribution in [0.1, 0.15) is 69.9 Å². The molecule has 1 aliphatic carbocycles. The zero-order chi connectivity index (χ0) is 19.5. The molecule has 0 spiro atoms. The minimum Gasteiger partial charge on any atom is -0.296 e. The van der Waals surface area contributed by atoms with E-state index in [4.69, 9.17) is 0 Å². The van der Waals surface area contributed by atoms with E-state index in [1.54, 1.807) is 0 Å². The number of alkyl halides is 1. The normalized spacial score (nSPS) is 29.4. The monoisotopic (exact) mass is 368 g/mol. The van der Waals surface area contributed by atoms with Crippen LogP contribution in [0, 0.1) is 22.2 Å². The van der Waals surface area contributed by atoms with Gasteiger partial charge in [0.1, 0.15) is 6.17 Å². The van der Waals surface area contributed by atoms with E-state index in [-0.39, 0.29) is 5.41 Å². The highest BCUT2D eigenvalue weighted by Crippen LogP contribution is 2.50. The second kappa shape index (κ2) is 8.15. The maximum Gasteiger partial charge on any atom is 0.120 e. The van der Waals surface area contributed by atoms with Crippen molar-refractivity contribution in [1.82, 2.24) is 4.90 Å². The minimum absolute atomic E-state index is 0.205. The third-order valence-electron chi connectivity index (χ3n) is 6.85. The van der Waals surface area contributed by atoms with Crippen LogP contribution in [0.5, 0.6) is 0 Å². The Labute approximate surface area is 164 Å². The first-order chi connectivity index (χ1) is 12.9. The van der Waals surface area contributed by atoms with E-state index in [0.717, 1.165) is 19.5 Å². The quantitative estimate of drug-likeness (QED) is 0.609. The van der Waals surface area contributed by atoms with Gasteiger partial charge in [-0.25, -0.2) is 4.39 Å². The molecule has 1 aromatic rings. The van der Waals surface area contributed by atoms with Crippen LogP contribution in [-0.4, -0.2) is 24.2 Å². The molecular weight excluding hydrogens is 335 g/mol. The van der Waals surface area contributed by atoms with Gasteiger partial charge in [0.2, 0.25) is 0 Å².